The molecule has 1 aliphatic heterocycles. The van der Waals surface area contributed by atoms with Crippen LogP contribution in [-0.4, -0.2) is 39.1 Å². The Labute approximate surface area is 155 Å². The second-order valence-electron chi connectivity index (χ2n) is 6.49. The Morgan fingerprint density at radius 3 is 2.85 bits per heavy atom. The zero-order chi connectivity index (χ0) is 17.9. The van der Waals surface area contributed by atoms with Gasteiger partial charge in [-0.25, -0.2) is 9.78 Å². The van der Waals surface area contributed by atoms with Crippen LogP contribution in [0.5, 0.6) is 0 Å². The van der Waals surface area contributed by atoms with Crippen LogP contribution >= 0.6 is 11.3 Å². The van der Waals surface area contributed by atoms with Crippen LogP contribution < -0.4 is 5.32 Å². The molecule has 1 fully saturated rings. The second-order valence-corrected chi connectivity index (χ2v) is 7.38. The lowest BCUT2D eigenvalue weighted by Crippen LogP contribution is -2.42. The normalized spacial score (nSPS) is 16.6. The number of aliphatic hydroxyl groups is 1. The molecule has 6 nitrogen and oxygen atoms in total. The number of urea groups is 1. The fraction of sp³-hybridized carbons (Fsp3) is 0.316. The average Bonchev–Trinajstić information content (AvgIpc) is 3.16. The van der Waals surface area contributed by atoms with Crippen LogP contribution in [0.25, 0.3) is 10.2 Å². The highest BCUT2D eigenvalue weighted by Crippen LogP contribution is 2.30. The van der Waals surface area contributed by atoms with E-state index < -0.39 is 6.10 Å². The van der Waals surface area contributed by atoms with Crippen molar-refractivity contribution in [2.45, 2.75) is 18.9 Å². The number of rotatable bonds is 3. The largest absolute Gasteiger partial charge is 0.387 e. The summed E-state index contributed by atoms with van der Waals surface area (Å²) in [6.45, 7) is 1.26. The molecule has 3 aromatic rings. The third-order valence-electron chi connectivity index (χ3n) is 4.85. The lowest BCUT2D eigenvalue weighted by atomic mass is 9.89. The van der Waals surface area contributed by atoms with Crippen molar-refractivity contribution in [2.75, 3.05) is 18.4 Å². The van der Waals surface area contributed by atoms with E-state index in [0.29, 0.717) is 18.8 Å². The number of carbonyl (C=O) groups is 1. The number of fused-ring (bicyclic) bond motifs is 1. The van der Waals surface area contributed by atoms with E-state index >= 15 is 0 Å². The summed E-state index contributed by atoms with van der Waals surface area (Å²) in [7, 11) is 0. The Balaban J connectivity index is 1.34. The van der Waals surface area contributed by atoms with Gasteiger partial charge >= 0.3 is 6.03 Å². The van der Waals surface area contributed by atoms with Gasteiger partial charge in [-0.2, -0.15) is 0 Å². The number of pyridine rings is 1. The maximum atomic E-state index is 12.5. The molecule has 1 aliphatic rings. The average molecular weight is 368 g/mol. The Morgan fingerprint density at radius 2 is 2.08 bits per heavy atom. The molecular formula is C19H20N4O2S. The third-order valence-corrected chi connectivity index (χ3v) is 5.64. The number of nitrogens with one attached hydrogen (secondary N) is 1. The molecule has 4 rings (SSSR count). The summed E-state index contributed by atoms with van der Waals surface area (Å²) in [5, 5.41) is 13.5. The minimum Gasteiger partial charge on any atom is -0.387 e. The van der Waals surface area contributed by atoms with E-state index in [1.54, 1.807) is 27.9 Å². The zero-order valence-electron chi connectivity index (χ0n) is 14.2. The molecule has 0 saturated carbocycles. The van der Waals surface area contributed by atoms with Crippen LogP contribution in [0.1, 0.15) is 24.6 Å². The Hall–Kier alpha value is -2.51. The van der Waals surface area contributed by atoms with Gasteiger partial charge in [0.1, 0.15) is 0 Å². The van der Waals surface area contributed by atoms with E-state index in [2.05, 4.69) is 15.3 Å². The minimum absolute atomic E-state index is 0.0976. The van der Waals surface area contributed by atoms with Crippen molar-refractivity contribution in [1.82, 2.24) is 14.9 Å². The van der Waals surface area contributed by atoms with Crippen molar-refractivity contribution >= 4 is 33.3 Å². The minimum atomic E-state index is -0.574. The van der Waals surface area contributed by atoms with E-state index in [-0.39, 0.29) is 11.9 Å². The number of aromatic nitrogens is 2. The number of hydrogen-bond acceptors (Lipinski definition) is 5. The lowest BCUT2D eigenvalue weighted by molar-refractivity contribution is 0.0652. The number of amides is 2. The van der Waals surface area contributed by atoms with Gasteiger partial charge in [-0.05, 0) is 49.1 Å². The fourth-order valence-electron chi connectivity index (χ4n) is 3.35. The quantitative estimate of drug-likeness (QED) is 0.739. The number of aliphatic hydroxyl groups excluding tert-OH is 1. The van der Waals surface area contributed by atoms with Gasteiger partial charge in [0.25, 0.3) is 0 Å². The number of likely N-dealkylation sites (tertiary alicyclic amines) is 1. The molecule has 2 N–H and O–H groups in total. The highest BCUT2D eigenvalue weighted by Gasteiger charge is 2.28. The number of anilines is 1. The van der Waals surface area contributed by atoms with E-state index in [4.69, 9.17) is 0 Å². The van der Waals surface area contributed by atoms with Crippen LogP contribution in [0.4, 0.5) is 10.5 Å². The van der Waals surface area contributed by atoms with Crippen LogP contribution in [-0.2, 0) is 0 Å². The van der Waals surface area contributed by atoms with Crippen LogP contribution in [0.3, 0.4) is 0 Å². The van der Waals surface area contributed by atoms with Crippen molar-refractivity contribution in [1.29, 1.82) is 0 Å². The maximum Gasteiger partial charge on any atom is 0.321 e. The monoisotopic (exact) mass is 368 g/mol. The maximum absolute atomic E-state index is 12.5. The van der Waals surface area contributed by atoms with E-state index in [9.17, 15) is 9.90 Å². The first-order valence-corrected chi connectivity index (χ1v) is 9.57. The molecule has 134 valence electrons. The molecule has 1 atom stereocenters. The standard InChI is InChI=1S/C19H20N4O2S/c24-18(16-3-1-2-8-20-16)13-6-9-23(10-7-13)19(25)22-14-4-5-15-17(11-14)26-12-21-15/h1-5,8,11-13,18,24H,6-7,9-10H2,(H,22,25)/t18-/m1/s1. The predicted molar refractivity (Wildman–Crippen MR) is 102 cm³/mol. The topological polar surface area (TPSA) is 78.4 Å². The lowest BCUT2D eigenvalue weighted by Gasteiger charge is -2.34. The Kier molecular flexibility index (Phi) is 4.81. The smallest absolute Gasteiger partial charge is 0.321 e. The van der Waals surface area contributed by atoms with Gasteiger partial charge in [0, 0.05) is 25.0 Å². The summed E-state index contributed by atoms with van der Waals surface area (Å²) < 4.78 is 1.06. The molecule has 1 aromatic carbocycles. The Bertz CT molecular complexity index is 891. The van der Waals surface area contributed by atoms with Gasteiger partial charge in [0.2, 0.25) is 0 Å². The van der Waals surface area contributed by atoms with Crippen molar-refractivity contribution in [2.24, 2.45) is 5.92 Å². The fourth-order valence-corrected chi connectivity index (χ4v) is 4.06. The zero-order valence-corrected chi connectivity index (χ0v) is 15.0. The summed E-state index contributed by atoms with van der Waals surface area (Å²) in [5.74, 6) is 0.127. The molecule has 0 spiro atoms. The number of piperidine rings is 1. The summed E-state index contributed by atoms with van der Waals surface area (Å²) in [4.78, 5) is 22.8. The van der Waals surface area contributed by atoms with E-state index in [1.165, 1.54) is 0 Å². The number of thiazole rings is 1. The van der Waals surface area contributed by atoms with Crippen LogP contribution in [0, 0.1) is 5.92 Å². The van der Waals surface area contributed by atoms with Gasteiger partial charge in [-0.15, -0.1) is 11.3 Å². The summed E-state index contributed by atoms with van der Waals surface area (Å²) >= 11 is 1.56. The number of nitrogens with zero attached hydrogens (tertiary/aromatic N) is 3. The molecule has 26 heavy (non-hydrogen) atoms. The molecule has 2 amide bonds. The third kappa shape index (κ3) is 3.54. The molecular weight excluding hydrogens is 348 g/mol. The van der Waals surface area contributed by atoms with Crippen molar-refractivity contribution < 1.29 is 9.90 Å². The molecule has 0 bridgehead atoms. The molecule has 3 heterocycles. The molecule has 1 saturated heterocycles. The molecule has 2 aromatic heterocycles. The highest BCUT2D eigenvalue weighted by molar-refractivity contribution is 7.16. The van der Waals surface area contributed by atoms with Crippen molar-refractivity contribution in [3.63, 3.8) is 0 Å². The SMILES string of the molecule is O=C(Nc1ccc2ncsc2c1)N1CCC([C@@H](O)c2ccccn2)CC1. The Morgan fingerprint density at radius 1 is 1.23 bits per heavy atom. The molecule has 0 unspecified atom stereocenters. The van der Waals surface area contributed by atoms with Crippen molar-refractivity contribution in [3.8, 4) is 0 Å². The van der Waals surface area contributed by atoms with Crippen LogP contribution in [0.15, 0.2) is 48.1 Å². The first-order valence-electron chi connectivity index (χ1n) is 8.69. The highest BCUT2D eigenvalue weighted by atomic mass is 32.1. The summed E-state index contributed by atoms with van der Waals surface area (Å²) in [6, 6.07) is 11.2. The number of benzene rings is 1. The summed E-state index contributed by atoms with van der Waals surface area (Å²) in [5.41, 5.74) is 4.22. The second kappa shape index (κ2) is 7.39. The van der Waals surface area contributed by atoms with Gasteiger partial charge in [-0.1, -0.05) is 6.07 Å². The van der Waals surface area contributed by atoms with E-state index in [1.807, 2.05) is 36.4 Å². The first kappa shape index (κ1) is 16.9. The number of carbonyl (C=O) groups excluding carboxylic acids is 1. The first-order chi connectivity index (χ1) is 12.7. The molecule has 0 aliphatic carbocycles. The van der Waals surface area contributed by atoms with Gasteiger partial charge in [-0.3, -0.25) is 4.98 Å². The molecule has 0 radical (unpaired) electrons. The van der Waals surface area contributed by atoms with Gasteiger partial charge in [0.05, 0.1) is 27.5 Å². The van der Waals surface area contributed by atoms with Gasteiger partial charge < -0.3 is 15.3 Å². The predicted octanol–water partition coefficient (Wildman–Crippen LogP) is 3.67. The summed E-state index contributed by atoms with van der Waals surface area (Å²) in [6.07, 6.45) is 2.65. The van der Waals surface area contributed by atoms with Gasteiger partial charge in [0.15, 0.2) is 0 Å². The van der Waals surface area contributed by atoms with Crippen molar-refractivity contribution in [3.05, 3.63) is 53.8 Å². The van der Waals surface area contributed by atoms with E-state index in [0.717, 1.165) is 28.7 Å². The number of hydrogen-bond donors (Lipinski definition) is 2. The molecule has 7 heteroatoms. The van der Waals surface area contributed by atoms with Crippen LogP contribution in [0.2, 0.25) is 0 Å².